The minimum absolute atomic E-state index is 0.113. The number of carbonyl (C=O) groups excluding carboxylic acids is 2. The highest BCUT2D eigenvalue weighted by molar-refractivity contribution is 5.83. The maximum absolute atomic E-state index is 12.3. The number of amides is 1. The summed E-state index contributed by atoms with van der Waals surface area (Å²) in [6.45, 7) is 4.20. The van der Waals surface area contributed by atoms with Crippen LogP contribution < -0.4 is 5.32 Å². The molecule has 0 aliphatic heterocycles. The van der Waals surface area contributed by atoms with E-state index in [4.69, 9.17) is 4.42 Å². The number of ketones is 1. The molecular weight excluding hydrogens is 414 g/mol. The van der Waals surface area contributed by atoms with E-state index in [0.29, 0.717) is 18.6 Å². The Morgan fingerprint density at radius 1 is 1.21 bits per heavy atom. The van der Waals surface area contributed by atoms with Crippen molar-refractivity contribution >= 4 is 11.7 Å². The van der Waals surface area contributed by atoms with Crippen LogP contribution in [-0.2, 0) is 16.0 Å². The molecule has 1 fully saturated rings. The molecule has 1 aliphatic carbocycles. The Morgan fingerprint density at radius 2 is 2.03 bits per heavy atom. The number of allylic oxidation sites excluding steroid dienone is 1. The maximum atomic E-state index is 12.3. The summed E-state index contributed by atoms with van der Waals surface area (Å²) < 4.78 is 5.33. The standard InChI is InChI=1S/C28H45NO4/c1-3-4-7-11-24(30)18-16-23-17-20-27(31)26(23)13-8-5-6-9-14-28(32)29-22(2)15-19-25-12-10-21-33-25/h10,12,16,18,21-24,26,30H,3-9,11,13-15,17,19-20H2,1-2H3,(H,29,32). The minimum atomic E-state index is -0.382. The molecule has 5 heteroatoms. The number of hydrogen-bond donors (Lipinski definition) is 2. The van der Waals surface area contributed by atoms with Gasteiger partial charge in [0.2, 0.25) is 5.91 Å². The highest BCUT2D eigenvalue weighted by atomic mass is 16.3. The van der Waals surface area contributed by atoms with Gasteiger partial charge >= 0.3 is 0 Å². The number of rotatable bonds is 17. The fourth-order valence-corrected chi connectivity index (χ4v) is 4.75. The van der Waals surface area contributed by atoms with Gasteiger partial charge in [-0.05, 0) is 57.1 Å². The number of aliphatic hydroxyl groups excluding tert-OH is 1. The zero-order valence-corrected chi connectivity index (χ0v) is 20.8. The Kier molecular flexibility index (Phi) is 13.2. The van der Waals surface area contributed by atoms with Crippen molar-refractivity contribution in [1.29, 1.82) is 0 Å². The first-order chi connectivity index (χ1) is 16.0. The first-order valence-corrected chi connectivity index (χ1v) is 13.2. The van der Waals surface area contributed by atoms with Crippen molar-refractivity contribution in [3.63, 3.8) is 0 Å². The van der Waals surface area contributed by atoms with Crippen LogP contribution in [0.5, 0.6) is 0 Å². The highest BCUT2D eigenvalue weighted by Gasteiger charge is 2.32. The number of nitrogens with one attached hydrogen (secondary N) is 1. The van der Waals surface area contributed by atoms with Gasteiger partial charge in [0, 0.05) is 31.2 Å². The average Bonchev–Trinajstić information content (AvgIpc) is 3.43. The van der Waals surface area contributed by atoms with Crippen LogP contribution in [-0.4, -0.2) is 28.9 Å². The van der Waals surface area contributed by atoms with Crippen molar-refractivity contribution in [1.82, 2.24) is 5.32 Å². The minimum Gasteiger partial charge on any atom is -0.469 e. The summed E-state index contributed by atoms with van der Waals surface area (Å²) in [5.41, 5.74) is 0. The van der Waals surface area contributed by atoms with E-state index in [9.17, 15) is 14.7 Å². The monoisotopic (exact) mass is 459 g/mol. The zero-order chi connectivity index (χ0) is 23.9. The summed E-state index contributed by atoms with van der Waals surface area (Å²) in [6, 6.07) is 3.99. The third-order valence-corrected chi connectivity index (χ3v) is 6.82. The van der Waals surface area contributed by atoms with Gasteiger partial charge in [-0.25, -0.2) is 0 Å². The third-order valence-electron chi connectivity index (χ3n) is 6.82. The Balaban J connectivity index is 1.55. The predicted molar refractivity (Wildman–Crippen MR) is 133 cm³/mol. The van der Waals surface area contributed by atoms with Gasteiger partial charge in [-0.2, -0.15) is 0 Å². The summed E-state index contributed by atoms with van der Waals surface area (Å²) in [5.74, 6) is 1.86. The van der Waals surface area contributed by atoms with Crippen LogP contribution in [0.2, 0.25) is 0 Å². The second kappa shape index (κ2) is 15.9. The largest absolute Gasteiger partial charge is 0.469 e. The average molecular weight is 460 g/mol. The molecule has 0 saturated heterocycles. The van der Waals surface area contributed by atoms with Gasteiger partial charge in [0.15, 0.2) is 0 Å². The lowest BCUT2D eigenvalue weighted by molar-refractivity contribution is -0.122. The van der Waals surface area contributed by atoms with Crippen LogP contribution in [0, 0.1) is 11.8 Å². The number of Topliss-reactive ketones (excluding diaryl/α,β-unsaturated/α-hetero) is 1. The molecule has 0 aromatic carbocycles. The quantitative estimate of drug-likeness (QED) is 0.216. The van der Waals surface area contributed by atoms with Gasteiger partial charge in [-0.1, -0.05) is 57.6 Å². The van der Waals surface area contributed by atoms with E-state index in [1.54, 1.807) is 6.26 Å². The van der Waals surface area contributed by atoms with E-state index < -0.39 is 0 Å². The molecule has 1 saturated carbocycles. The topological polar surface area (TPSA) is 79.5 Å². The van der Waals surface area contributed by atoms with E-state index >= 15 is 0 Å². The predicted octanol–water partition coefficient (Wildman–Crippen LogP) is 6.15. The number of unbranched alkanes of at least 4 members (excludes halogenated alkanes) is 5. The number of furan rings is 1. The zero-order valence-electron chi connectivity index (χ0n) is 20.8. The van der Waals surface area contributed by atoms with Crippen LogP contribution in [0.1, 0.15) is 103 Å². The van der Waals surface area contributed by atoms with Gasteiger partial charge in [0.25, 0.3) is 0 Å². The summed E-state index contributed by atoms with van der Waals surface area (Å²) >= 11 is 0. The van der Waals surface area contributed by atoms with Gasteiger partial charge in [-0.3, -0.25) is 9.59 Å². The fourth-order valence-electron chi connectivity index (χ4n) is 4.75. The van der Waals surface area contributed by atoms with E-state index in [-0.39, 0.29) is 29.9 Å². The second-order valence-corrected chi connectivity index (χ2v) is 9.76. The number of hydrogen-bond acceptors (Lipinski definition) is 4. The van der Waals surface area contributed by atoms with Gasteiger partial charge in [0.05, 0.1) is 12.4 Å². The number of aliphatic hydroxyl groups is 1. The van der Waals surface area contributed by atoms with Crippen molar-refractivity contribution in [2.24, 2.45) is 11.8 Å². The molecule has 1 heterocycles. The van der Waals surface area contributed by atoms with Crippen LogP contribution in [0.4, 0.5) is 0 Å². The summed E-state index contributed by atoms with van der Waals surface area (Å²) in [5, 5.41) is 13.2. The maximum Gasteiger partial charge on any atom is 0.220 e. The lowest BCUT2D eigenvalue weighted by Gasteiger charge is -2.16. The van der Waals surface area contributed by atoms with Crippen molar-refractivity contribution in [2.75, 3.05) is 0 Å². The Morgan fingerprint density at radius 3 is 2.79 bits per heavy atom. The number of aryl methyl sites for hydroxylation is 1. The lowest BCUT2D eigenvalue weighted by Crippen LogP contribution is -2.32. The van der Waals surface area contributed by atoms with Crippen LogP contribution >= 0.6 is 0 Å². The van der Waals surface area contributed by atoms with Crippen molar-refractivity contribution in [3.8, 4) is 0 Å². The van der Waals surface area contributed by atoms with E-state index in [1.165, 1.54) is 0 Å². The third kappa shape index (κ3) is 11.2. The Labute approximate surface area is 200 Å². The van der Waals surface area contributed by atoms with E-state index in [0.717, 1.165) is 82.8 Å². The van der Waals surface area contributed by atoms with Gasteiger partial charge in [0.1, 0.15) is 11.5 Å². The molecule has 186 valence electrons. The van der Waals surface area contributed by atoms with Gasteiger partial charge < -0.3 is 14.8 Å². The van der Waals surface area contributed by atoms with Crippen molar-refractivity contribution in [3.05, 3.63) is 36.3 Å². The van der Waals surface area contributed by atoms with Crippen LogP contribution in [0.25, 0.3) is 0 Å². The lowest BCUT2D eigenvalue weighted by atomic mass is 9.89. The smallest absolute Gasteiger partial charge is 0.220 e. The fraction of sp³-hybridized carbons (Fsp3) is 0.714. The van der Waals surface area contributed by atoms with Crippen molar-refractivity contribution < 1.29 is 19.1 Å². The normalized spacial score (nSPS) is 20.4. The summed E-state index contributed by atoms with van der Waals surface area (Å²) in [4.78, 5) is 24.5. The first-order valence-electron chi connectivity index (χ1n) is 13.2. The van der Waals surface area contributed by atoms with Crippen LogP contribution in [0.15, 0.2) is 35.0 Å². The molecule has 0 radical (unpaired) electrons. The van der Waals surface area contributed by atoms with E-state index in [2.05, 4.69) is 18.3 Å². The van der Waals surface area contributed by atoms with E-state index in [1.807, 2.05) is 25.1 Å². The molecule has 33 heavy (non-hydrogen) atoms. The molecule has 2 N–H and O–H groups in total. The molecule has 4 atom stereocenters. The molecule has 5 nitrogen and oxygen atoms in total. The molecule has 1 aromatic rings. The highest BCUT2D eigenvalue weighted by Crippen LogP contribution is 2.34. The molecule has 2 rings (SSSR count). The second-order valence-electron chi connectivity index (χ2n) is 9.76. The molecule has 1 amide bonds. The van der Waals surface area contributed by atoms with Crippen LogP contribution in [0.3, 0.4) is 0 Å². The Bertz CT molecular complexity index is 697. The summed E-state index contributed by atoms with van der Waals surface area (Å²) in [7, 11) is 0. The molecule has 1 aliphatic rings. The first kappa shape index (κ1) is 27.4. The SMILES string of the molecule is CCCCCC(O)C=CC1CCC(=O)C1CCCCCCC(=O)NC(C)CCc1ccco1. The number of carbonyl (C=O) groups is 2. The summed E-state index contributed by atoms with van der Waals surface area (Å²) in [6.07, 6.45) is 18.3. The molecule has 0 bridgehead atoms. The molecule has 4 unspecified atom stereocenters. The molecular formula is C28H45NO4. The Hall–Kier alpha value is -1.88. The van der Waals surface area contributed by atoms with Gasteiger partial charge in [-0.15, -0.1) is 0 Å². The molecule has 0 spiro atoms. The molecule has 1 aromatic heterocycles. The van der Waals surface area contributed by atoms with Crippen molar-refractivity contribution in [2.45, 2.75) is 116 Å².